The number of fused-ring (bicyclic) bond motifs is 4. The van der Waals surface area contributed by atoms with Crippen LogP contribution in [0.4, 0.5) is 5.69 Å². The zero-order valence-electron chi connectivity index (χ0n) is 19.4. The van der Waals surface area contributed by atoms with E-state index in [4.69, 9.17) is 0 Å². The van der Waals surface area contributed by atoms with Crippen LogP contribution in [0, 0.1) is 10.1 Å². The highest BCUT2D eigenvalue weighted by Gasteiger charge is 2.48. The average molecular weight is 485 g/mol. The van der Waals surface area contributed by atoms with E-state index in [1.54, 1.807) is 34.5 Å². The van der Waals surface area contributed by atoms with E-state index in [0.29, 0.717) is 31.5 Å². The zero-order chi connectivity index (χ0) is 24.8. The number of carbonyl (C=O) groups excluding carboxylic acids is 2. The maximum Gasteiger partial charge on any atom is 0.269 e. The molecule has 182 valence electrons. The third-order valence-electron chi connectivity index (χ3n) is 7.14. The van der Waals surface area contributed by atoms with E-state index in [2.05, 4.69) is 9.97 Å². The fourth-order valence-corrected chi connectivity index (χ4v) is 5.53. The van der Waals surface area contributed by atoms with Gasteiger partial charge < -0.3 is 19.4 Å². The van der Waals surface area contributed by atoms with Crippen LogP contribution in [0.25, 0.3) is 10.9 Å². The van der Waals surface area contributed by atoms with E-state index in [0.717, 1.165) is 22.2 Å². The van der Waals surface area contributed by atoms with E-state index in [9.17, 15) is 19.7 Å². The standard InChI is InChI=1S/C26H24N6O4/c33-23-15-30(11-4-10-29-12-9-27-16-29)26(34)22-14-20-19-7-1-2-8-21(19)28-24(20)25(31(22)23)17-5-3-6-18(13-17)32(35)36/h1-3,5-9,12-13,16,22,25,28H,4,10-11,14-15H2/t22-,25+/m1/s1. The smallest absolute Gasteiger partial charge is 0.269 e. The van der Waals surface area contributed by atoms with Gasteiger partial charge in [0.2, 0.25) is 11.8 Å². The minimum atomic E-state index is -0.671. The van der Waals surface area contributed by atoms with E-state index in [-0.39, 0.29) is 24.0 Å². The lowest BCUT2D eigenvalue weighted by atomic mass is 9.86. The lowest BCUT2D eigenvalue weighted by Crippen LogP contribution is -2.63. The van der Waals surface area contributed by atoms with Crippen molar-refractivity contribution in [2.45, 2.75) is 31.5 Å². The van der Waals surface area contributed by atoms with Gasteiger partial charge in [-0.1, -0.05) is 30.3 Å². The van der Waals surface area contributed by atoms with Gasteiger partial charge in [0, 0.05) is 60.6 Å². The molecule has 2 aliphatic heterocycles. The molecule has 2 aromatic heterocycles. The summed E-state index contributed by atoms with van der Waals surface area (Å²) in [6.45, 7) is 1.16. The number of hydrogen-bond acceptors (Lipinski definition) is 5. The molecule has 1 fully saturated rings. The van der Waals surface area contributed by atoms with Crippen molar-refractivity contribution in [3.8, 4) is 0 Å². The molecule has 2 atom stereocenters. The summed E-state index contributed by atoms with van der Waals surface area (Å²) in [7, 11) is 0. The molecule has 4 heterocycles. The van der Waals surface area contributed by atoms with Crippen molar-refractivity contribution in [3.05, 3.63) is 94.2 Å². The van der Waals surface area contributed by atoms with Crippen LogP contribution in [0.15, 0.2) is 67.3 Å². The Bertz CT molecular complexity index is 1480. The molecular weight excluding hydrogens is 460 g/mol. The number of nitro groups is 1. The number of amides is 2. The summed E-state index contributed by atoms with van der Waals surface area (Å²) in [4.78, 5) is 49.1. The molecular formula is C26H24N6O4. The summed E-state index contributed by atoms with van der Waals surface area (Å²) in [5.41, 5.74) is 3.25. The van der Waals surface area contributed by atoms with Crippen molar-refractivity contribution in [2.75, 3.05) is 13.1 Å². The van der Waals surface area contributed by atoms with E-state index in [1.165, 1.54) is 12.1 Å². The van der Waals surface area contributed by atoms with Gasteiger partial charge in [-0.05, 0) is 23.6 Å². The Balaban J connectivity index is 1.39. The SMILES string of the molecule is O=C1[C@H]2Cc3c([nH]c4ccccc34)[C@H](c3cccc([N+](=O)[O-])c3)N2C(=O)CN1CCCn1ccnc1. The van der Waals surface area contributed by atoms with Gasteiger partial charge in [-0.15, -0.1) is 0 Å². The Morgan fingerprint density at radius 1 is 1.11 bits per heavy atom. The maximum absolute atomic E-state index is 13.7. The Hall–Kier alpha value is -4.47. The molecule has 4 aromatic rings. The van der Waals surface area contributed by atoms with Gasteiger partial charge in [0.25, 0.3) is 5.69 Å². The molecule has 2 amide bonds. The van der Waals surface area contributed by atoms with Crippen LogP contribution >= 0.6 is 0 Å². The molecule has 0 bridgehead atoms. The number of piperazine rings is 1. The predicted octanol–water partition coefficient (Wildman–Crippen LogP) is 3.05. The van der Waals surface area contributed by atoms with Crippen LogP contribution in [0.1, 0.15) is 29.3 Å². The van der Waals surface area contributed by atoms with Crippen LogP contribution in [-0.2, 0) is 22.6 Å². The van der Waals surface area contributed by atoms with Gasteiger partial charge in [0.15, 0.2) is 0 Å². The number of aryl methyl sites for hydroxylation is 1. The van der Waals surface area contributed by atoms with Gasteiger partial charge in [0.1, 0.15) is 6.04 Å². The number of benzene rings is 2. The third kappa shape index (κ3) is 3.62. The normalized spacial score (nSPS) is 19.4. The molecule has 0 spiro atoms. The van der Waals surface area contributed by atoms with Crippen LogP contribution in [0.5, 0.6) is 0 Å². The minimum absolute atomic E-state index is 0.0136. The molecule has 0 radical (unpaired) electrons. The van der Waals surface area contributed by atoms with Gasteiger partial charge >= 0.3 is 0 Å². The highest BCUT2D eigenvalue weighted by molar-refractivity contribution is 5.97. The fraction of sp³-hybridized carbons (Fsp3) is 0.269. The molecule has 1 saturated heterocycles. The lowest BCUT2D eigenvalue weighted by Gasteiger charge is -2.47. The molecule has 0 aliphatic carbocycles. The highest BCUT2D eigenvalue weighted by atomic mass is 16.6. The molecule has 2 aliphatic rings. The first-order valence-electron chi connectivity index (χ1n) is 11.9. The molecule has 0 saturated carbocycles. The zero-order valence-corrected chi connectivity index (χ0v) is 19.4. The number of nitro benzene ring substituents is 1. The summed E-state index contributed by atoms with van der Waals surface area (Å²) in [5.74, 6) is -0.255. The van der Waals surface area contributed by atoms with Crippen molar-refractivity contribution >= 4 is 28.4 Å². The maximum atomic E-state index is 13.7. The largest absolute Gasteiger partial charge is 0.356 e. The number of carbonyl (C=O) groups is 2. The summed E-state index contributed by atoms with van der Waals surface area (Å²) in [6, 6.07) is 12.9. The second-order valence-electron chi connectivity index (χ2n) is 9.25. The topological polar surface area (TPSA) is 117 Å². The number of H-pyrrole nitrogens is 1. The fourth-order valence-electron chi connectivity index (χ4n) is 5.53. The molecule has 10 nitrogen and oxygen atoms in total. The molecule has 2 aromatic carbocycles. The summed E-state index contributed by atoms with van der Waals surface area (Å²) >= 11 is 0. The molecule has 10 heteroatoms. The van der Waals surface area contributed by atoms with E-state index in [1.807, 2.05) is 35.0 Å². The summed E-state index contributed by atoms with van der Waals surface area (Å²) in [6.07, 6.45) is 6.41. The van der Waals surface area contributed by atoms with Gasteiger partial charge in [-0.3, -0.25) is 19.7 Å². The van der Waals surface area contributed by atoms with Crippen molar-refractivity contribution in [3.63, 3.8) is 0 Å². The molecule has 6 rings (SSSR count). The molecule has 36 heavy (non-hydrogen) atoms. The van der Waals surface area contributed by atoms with E-state index >= 15 is 0 Å². The summed E-state index contributed by atoms with van der Waals surface area (Å²) in [5, 5.41) is 12.5. The second kappa shape index (κ2) is 8.63. The van der Waals surface area contributed by atoms with Crippen molar-refractivity contribution in [2.24, 2.45) is 0 Å². The van der Waals surface area contributed by atoms with Gasteiger partial charge in [-0.25, -0.2) is 4.98 Å². The Kier molecular flexibility index (Phi) is 5.28. The first-order chi connectivity index (χ1) is 17.5. The Labute approximate surface area is 206 Å². The number of imidazole rings is 1. The second-order valence-corrected chi connectivity index (χ2v) is 9.25. The number of nitrogens with zero attached hydrogens (tertiary/aromatic N) is 5. The van der Waals surface area contributed by atoms with Crippen molar-refractivity contribution in [1.29, 1.82) is 0 Å². The van der Waals surface area contributed by atoms with Crippen LogP contribution in [0.3, 0.4) is 0 Å². The number of aromatic amines is 1. The van der Waals surface area contributed by atoms with Crippen LogP contribution < -0.4 is 0 Å². The van der Waals surface area contributed by atoms with Crippen molar-refractivity contribution in [1.82, 2.24) is 24.3 Å². The quantitative estimate of drug-likeness (QED) is 0.333. The number of non-ortho nitro benzene ring substituents is 1. The van der Waals surface area contributed by atoms with Crippen molar-refractivity contribution < 1.29 is 14.5 Å². The number of rotatable bonds is 6. The highest BCUT2D eigenvalue weighted by Crippen LogP contribution is 2.43. The van der Waals surface area contributed by atoms with Gasteiger partial charge in [0.05, 0.1) is 23.8 Å². The first-order valence-corrected chi connectivity index (χ1v) is 11.9. The molecule has 1 N–H and O–H groups in total. The Morgan fingerprint density at radius 3 is 2.78 bits per heavy atom. The lowest BCUT2D eigenvalue weighted by molar-refractivity contribution is -0.384. The third-order valence-corrected chi connectivity index (χ3v) is 7.14. The predicted molar refractivity (Wildman–Crippen MR) is 131 cm³/mol. The monoisotopic (exact) mass is 484 g/mol. The van der Waals surface area contributed by atoms with E-state index < -0.39 is 17.0 Å². The number of aromatic nitrogens is 3. The molecule has 0 unspecified atom stereocenters. The summed E-state index contributed by atoms with van der Waals surface area (Å²) < 4.78 is 1.94. The average Bonchev–Trinajstić information content (AvgIpc) is 3.53. The first kappa shape index (κ1) is 22.0. The number of hydrogen-bond donors (Lipinski definition) is 1. The number of para-hydroxylation sites is 1. The Morgan fingerprint density at radius 2 is 1.97 bits per heavy atom. The van der Waals surface area contributed by atoms with Crippen LogP contribution in [-0.4, -0.2) is 60.2 Å². The number of nitrogens with one attached hydrogen (secondary N) is 1. The van der Waals surface area contributed by atoms with Gasteiger partial charge in [-0.2, -0.15) is 0 Å². The van der Waals surface area contributed by atoms with Crippen LogP contribution in [0.2, 0.25) is 0 Å². The minimum Gasteiger partial charge on any atom is -0.356 e.